The van der Waals surface area contributed by atoms with E-state index >= 15 is 0 Å². The molecule has 0 aliphatic heterocycles. The zero-order chi connectivity index (χ0) is 18.8. The Hall–Kier alpha value is -1.97. The maximum Gasteiger partial charge on any atom is 0.246 e. The molecule has 0 saturated heterocycles. The molecule has 2 aromatic rings. The van der Waals surface area contributed by atoms with E-state index in [9.17, 15) is 17.6 Å². The fourth-order valence-electron chi connectivity index (χ4n) is 2.34. The predicted molar refractivity (Wildman–Crippen MR) is 90.6 cm³/mol. The van der Waals surface area contributed by atoms with Gasteiger partial charge >= 0.3 is 0 Å². The molecule has 0 unspecified atom stereocenters. The fraction of sp³-hybridized carbons (Fsp3) is 0.333. The average Bonchev–Trinajstić information content (AvgIpc) is 2.86. The van der Waals surface area contributed by atoms with Gasteiger partial charge in [-0.05, 0) is 32.0 Å². The number of anilines is 1. The molecule has 25 heavy (non-hydrogen) atoms. The maximum atomic E-state index is 13.3. The molecule has 136 valence electrons. The molecule has 0 aliphatic rings. The first-order chi connectivity index (χ1) is 11.6. The Morgan fingerprint density at radius 1 is 1.40 bits per heavy atom. The van der Waals surface area contributed by atoms with Crippen LogP contribution in [0.3, 0.4) is 0 Å². The molecule has 1 aromatic heterocycles. The predicted octanol–water partition coefficient (Wildman–Crippen LogP) is 2.42. The van der Waals surface area contributed by atoms with Gasteiger partial charge < -0.3 is 9.42 Å². The van der Waals surface area contributed by atoms with Crippen LogP contribution in [-0.4, -0.2) is 32.6 Å². The first-order valence-electron chi connectivity index (χ1n) is 7.29. The van der Waals surface area contributed by atoms with Gasteiger partial charge in [0.05, 0.1) is 5.02 Å². The summed E-state index contributed by atoms with van der Waals surface area (Å²) in [6, 6.07) is 3.84. The number of aromatic nitrogens is 1. The van der Waals surface area contributed by atoms with Gasteiger partial charge in [0, 0.05) is 25.7 Å². The number of halogens is 2. The summed E-state index contributed by atoms with van der Waals surface area (Å²) in [5.74, 6) is -0.758. The lowest BCUT2D eigenvalue weighted by Crippen LogP contribution is -2.37. The van der Waals surface area contributed by atoms with E-state index in [0.717, 1.165) is 6.07 Å². The second kappa shape index (κ2) is 7.51. The van der Waals surface area contributed by atoms with E-state index < -0.39 is 15.8 Å². The monoisotopic (exact) mass is 389 g/mol. The van der Waals surface area contributed by atoms with Gasteiger partial charge in [0.1, 0.15) is 16.4 Å². The molecule has 2 rings (SSSR count). The molecule has 0 saturated carbocycles. The lowest BCUT2D eigenvalue weighted by atomic mass is 10.2. The molecular formula is C15H17ClFN3O4S. The molecule has 10 heteroatoms. The molecule has 1 aromatic carbocycles. The number of benzene rings is 1. The normalized spacial score (nSPS) is 11.6. The Balaban J connectivity index is 2.12. The number of hydrogen-bond donors (Lipinski definition) is 1. The molecular weight excluding hydrogens is 373 g/mol. The number of carbonyl (C=O) groups excluding carboxylic acids is 1. The quantitative estimate of drug-likeness (QED) is 0.819. The number of sulfonamides is 1. The Morgan fingerprint density at radius 2 is 2.08 bits per heavy atom. The minimum atomic E-state index is -3.83. The van der Waals surface area contributed by atoms with E-state index in [1.165, 1.54) is 37.8 Å². The van der Waals surface area contributed by atoms with Crippen LogP contribution in [0.4, 0.5) is 10.1 Å². The SMILES string of the molecule is CC(=O)N(CCNS(=O)(=O)c1c(C)noc1C)c1ccc(F)c(Cl)c1. The Labute approximate surface area is 149 Å². The summed E-state index contributed by atoms with van der Waals surface area (Å²) in [4.78, 5) is 13.1. The Kier molecular flexibility index (Phi) is 5.81. The molecule has 0 atom stereocenters. The summed E-state index contributed by atoms with van der Waals surface area (Å²) >= 11 is 5.73. The Morgan fingerprint density at radius 3 is 2.60 bits per heavy atom. The van der Waals surface area contributed by atoms with E-state index in [-0.39, 0.29) is 40.4 Å². The summed E-state index contributed by atoms with van der Waals surface area (Å²) in [6.07, 6.45) is 0. The van der Waals surface area contributed by atoms with Gasteiger partial charge in [0.25, 0.3) is 0 Å². The van der Waals surface area contributed by atoms with E-state index in [0.29, 0.717) is 5.69 Å². The van der Waals surface area contributed by atoms with Crippen LogP contribution in [0.1, 0.15) is 18.4 Å². The smallest absolute Gasteiger partial charge is 0.246 e. The zero-order valence-corrected chi connectivity index (χ0v) is 15.4. The van der Waals surface area contributed by atoms with Crippen LogP contribution in [0, 0.1) is 19.7 Å². The van der Waals surface area contributed by atoms with Gasteiger partial charge in [-0.3, -0.25) is 4.79 Å². The minimum Gasteiger partial charge on any atom is -0.360 e. The highest BCUT2D eigenvalue weighted by Crippen LogP contribution is 2.23. The third kappa shape index (κ3) is 4.36. The van der Waals surface area contributed by atoms with Gasteiger partial charge in [0.2, 0.25) is 15.9 Å². The molecule has 7 nitrogen and oxygen atoms in total. The molecule has 1 N–H and O–H groups in total. The molecule has 0 bridgehead atoms. The molecule has 1 heterocycles. The largest absolute Gasteiger partial charge is 0.360 e. The number of nitrogens with one attached hydrogen (secondary N) is 1. The molecule has 0 spiro atoms. The van der Waals surface area contributed by atoms with E-state index in [2.05, 4.69) is 9.88 Å². The first kappa shape index (κ1) is 19.4. The van der Waals surface area contributed by atoms with E-state index in [1.807, 2.05) is 0 Å². The van der Waals surface area contributed by atoms with E-state index in [4.69, 9.17) is 16.1 Å². The summed E-state index contributed by atoms with van der Waals surface area (Å²) < 4.78 is 45.2. The third-order valence-electron chi connectivity index (χ3n) is 3.46. The van der Waals surface area contributed by atoms with Gasteiger partial charge in [-0.1, -0.05) is 16.8 Å². The molecule has 1 amide bonds. The van der Waals surface area contributed by atoms with Crippen LogP contribution in [0.5, 0.6) is 0 Å². The summed E-state index contributed by atoms with van der Waals surface area (Å²) in [5.41, 5.74) is 0.620. The van der Waals surface area contributed by atoms with E-state index in [1.54, 1.807) is 0 Å². The Bertz CT molecular complexity index is 879. The average molecular weight is 390 g/mol. The van der Waals surface area contributed by atoms with Gasteiger partial charge in [-0.15, -0.1) is 0 Å². The topological polar surface area (TPSA) is 92.5 Å². The van der Waals surface area contributed by atoms with Crippen LogP contribution in [0.2, 0.25) is 5.02 Å². The number of aryl methyl sites for hydroxylation is 2. The van der Waals surface area contributed by atoms with Crippen molar-refractivity contribution < 1.29 is 22.1 Å². The highest BCUT2D eigenvalue weighted by molar-refractivity contribution is 7.89. The van der Waals surface area contributed by atoms with Crippen molar-refractivity contribution in [1.29, 1.82) is 0 Å². The lowest BCUT2D eigenvalue weighted by molar-refractivity contribution is -0.116. The number of nitrogens with zero attached hydrogens (tertiary/aromatic N) is 2. The third-order valence-corrected chi connectivity index (χ3v) is 5.45. The molecule has 0 aliphatic carbocycles. The van der Waals surface area contributed by atoms with Crippen LogP contribution in [-0.2, 0) is 14.8 Å². The van der Waals surface area contributed by atoms with Gasteiger partial charge in [-0.2, -0.15) is 0 Å². The zero-order valence-electron chi connectivity index (χ0n) is 13.8. The standard InChI is InChI=1S/C15H17ClFN3O4S/c1-9-15(10(2)24-19-9)25(22,23)18-6-7-20(11(3)21)12-4-5-14(17)13(16)8-12/h4-5,8,18H,6-7H2,1-3H3. The van der Waals surface area contributed by atoms with Crippen LogP contribution >= 0.6 is 11.6 Å². The number of hydrogen-bond acceptors (Lipinski definition) is 5. The molecule has 0 fully saturated rings. The van der Waals surface area contributed by atoms with Crippen LogP contribution < -0.4 is 9.62 Å². The van der Waals surface area contributed by atoms with Crippen molar-refractivity contribution in [1.82, 2.24) is 9.88 Å². The first-order valence-corrected chi connectivity index (χ1v) is 9.15. The lowest BCUT2D eigenvalue weighted by Gasteiger charge is -2.21. The van der Waals surface area contributed by atoms with Crippen molar-refractivity contribution >= 4 is 33.2 Å². The van der Waals surface area contributed by atoms with Crippen molar-refractivity contribution in [2.24, 2.45) is 0 Å². The van der Waals surface area contributed by atoms with Gasteiger partial charge in [-0.25, -0.2) is 17.5 Å². The fourth-order valence-corrected chi connectivity index (χ4v) is 3.86. The van der Waals surface area contributed by atoms with Crippen molar-refractivity contribution in [3.05, 3.63) is 40.5 Å². The minimum absolute atomic E-state index is 0.0216. The number of carbonyl (C=O) groups is 1. The van der Waals surface area contributed by atoms with Crippen molar-refractivity contribution in [3.8, 4) is 0 Å². The summed E-state index contributed by atoms with van der Waals surface area (Å²) in [6.45, 7) is 4.32. The number of rotatable bonds is 6. The van der Waals surface area contributed by atoms with Crippen molar-refractivity contribution in [2.45, 2.75) is 25.7 Å². The summed E-state index contributed by atoms with van der Waals surface area (Å²) in [7, 11) is -3.83. The molecule has 0 radical (unpaired) electrons. The van der Waals surface area contributed by atoms with Crippen LogP contribution in [0.15, 0.2) is 27.6 Å². The highest BCUT2D eigenvalue weighted by atomic mass is 35.5. The number of amides is 1. The van der Waals surface area contributed by atoms with Gasteiger partial charge in [0.15, 0.2) is 5.76 Å². The highest BCUT2D eigenvalue weighted by Gasteiger charge is 2.24. The second-order valence-corrected chi connectivity index (χ2v) is 7.43. The second-order valence-electron chi connectivity index (χ2n) is 5.32. The van der Waals surface area contributed by atoms with Crippen LogP contribution in [0.25, 0.3) is 0 Å². The van der Waals surface area contributed by atoms with Crippen molar-refractivity contribution in [3.63, 3.8) is 0 Å². The maximum absolute atomic E-state index is 13.3. The summed E-state index contributed by atoms with van der Waals surface area (Å²) in [5, 5.41) is 3.49. The van der Waals surface area contributed by atoms with Crippen molar-refractivity contribution in [2.75, 3.05) is 18.0 Å².